The van der Waals surface area contributed by atoms with Crippen LogP contribution in [0.3, 0.4) is 0 Å². The Bertz CT molecular complexity index is 1330. The number of anilines is 2. The fourth-order valence-corrected chi connectivity index (χ4v) is 3.64. The number of nitrogens with one attached hydrogen (secondary N) is 2. The number of pyridine rings is 1. The van der Waals surface area contributed by atoms with Crippen LogP contribution in [0.15, 0.2) is 48.7 Å². The number of benzene rings is 2. The average molecular weight is 506 g/mol. The SMILES string of the molecule is Cc1nccc(-c2cccc(C(=O)CC(=O)Nc3cc(C(F)(F)F)c(Cl)cc3NC(=O)O)c2)c1C. The Balaban J connectivity index is 1.84. The summed E-state index contributed by atoms with van der Waals surface area (Å²) in [7, 11) is 0. The lowest BCUT2D eigenvalue weighted by atomic mass is 9.97. The van der Waals surface area contributed by atoms with Gasteiger partial charge in [-0.3, -0.25) is 19.9 Å². The molecule has 0 unspecified atom stereocenters. The molecule has 2 aromatic carbocycles. The fraction of sp³-hybridized carbons (Fsp3) is 0.167. The number of rotatable bonds is 6. The number of carbonyl (C=O) groups is 3. The first-order valence-electron chi connectivity index (χ1n) is 10.1. The molecule has 35 heavy (non-hydrogen) atoms. The van der Waals surface area contributed by atoms with Crippen LogP contribution >= 0.6 is 11.6 Å². The van der Waals surface area contributed by atoms with Crippen LogP contribution in [0.25, 0.3) is 11.1 Å². The number of aryl methyl sites for hydroxylation is 1. The maximum Gasteiger partial charge on any atom is 0.417 e. The summed E-state index contributed by atoms with van der Waals surface area (Å²) in [5.41, 5.74) is 1.44. The fourth-order valence-electron chi connectivity index (χ4n) is 3.37. The van der Waals surface area contributed by atoms with Gasteiger partial charge < -0.3 is 10.4 Å². The summed E-state index contributed by atoms with van der Waals surface area (Å²) >= 11 is 5.63. The van der Waals surface area contributed by atoms with Gasteiger partial charge in [-0.05, 0) is 54.8 Å². The molecule has 1 aromatic heterocycles. The topological polar surface area (TPSA) is 108 Å². The number of alkyl halides is 3. The van der Waals surface area contributed by atoms with E-state index < -0.39 is 46.7 Å². The molecule has 182 valence electrons. The van der Waals surface area contributed by atoms with Crippen molar-refractivity contribution in [3.05, 3.63) is 76.1 Å². The number of halogens is 4. The van der Waals surface area contributed by atoms with Crippen molar-refractivity contribution in [2.45, 2.75) is 26.4 Å². The Morgan fingerprint density at radius 2 is 1.71 bits per heavy atom. The normalized spacial score (nSPS) is 11.1. The van der Waals surface area contributed by atoms with Gasteiger partial charge in [0.2, 0.25) is 5.91 Å². The zero-order chi connectivity index (χ0) is 25.9. The highest BCUT2D eigenvalue weighted by Crippen LogP contribution is 2.39. The number of nitrogens with zero attached hydrogens (tertiary/aromatic N) is 1. The molecule has 3 rings (SSSR count). The molecule has 11 heteroatoms. The van der Waals surface area contributed by atoms with E-state index in [1.807, 2.05) is 19.2 Å². The Morgan fingerprint density at radius 1 is 1.03 bits per heavy atom. The monoisotopic (exact) mass is 505 g/mol. The third kappa shape index (κ3) is 6.15. The van der Waals surface area contributed by atoms with E-state index in [4.69, 9.17) is 16.7 Å². The zero-order valence-electron chi connectivity index (χ0n) is 18.5. The lowest BCUT2D eigenvalue weighted by molar-refractivity contribution is -0.137. The van der Waals surface area contributed by atoms with Crippen molar-refractivity contribution in [3.8, 4) is 11.1 Å². The molecule has 0 aliphatic rings. The van der Waals surface area contributed by atoms with Crippen molar-refractivity contribution in [2.24, 2.45) is 0 Å². The van der Waals surface area contributed by atoms with Crippen LogP contribution in [0.5, 0.6) is 0 Å². The van der Waals surface area contributed by atoms with Gasteiger partial charge in [0.15, 0.2) is 5.78 Å². The Labute approximate surface area is 202 Å². The highest BCUT2D eigenvalue weighted by Gasteiger charge is 2.34. The number of aromatic nitrogens is 1. The number of ketones is 1. The number of hydrogen-bond acceptors (Lipinski definition) is 4. The van der Waals surface area contributed by atoms with E-state index in [1.54, 1.807) is 30.5 Å². The van der Waals surface area contributed by atoms with Crippen LogP contribution in [0, 0.1) is 13.8 Å². The molecule has 0 radical (unpaired) electrons. The molecular formula is C24H19ClF3N3O4. The van der Waals surface area contributed by atoms with E-state index in [2.05, 4.69) is 10.3 Å². The third-order valence-electron chi connectivity index (χ3n) is 5.20. The summed E-state index contributed by atoms with van der Waals surface area (Å²) in [6.07, 6.45) is -5.47. The molecular weight excluding hydrogens is 487 g/mol. The smallest absolute Gasteiger partial charge is 0.417 e. The van der Waals surface area contributed by atoms with Crippen molar-refractivity contribution in [1.29, 1.82) is 0 Å². The van der Waals surface area contributed by atoms with E-state index in [0.29, 0.717) is 6.07 Å². The maximum atomic E-state index is 13.2. The van der Waals surface area contributed by atoms with Crippen LogP contribution in [-0.2, 0) is 11.0 Å². The second-order valence-electron chi connectivity index (χ2n) is 7.60. The van der Waals surface area contributed by atoms with Crippen molar-refractivity contribution in [2.75, 3.05) is 10.6 Å². The van der Waals surface area contributed by atoms with E-state index >= 15 is 0 Å². The lowest BCUT2D eigenvalue weighted by Gasteiger charge is -2.16. The second kappa shape index (κ2) is 10.1. The second-order valence-corrected chi connectivity index (χ2v) is 8.01. The average Bonchev–Trinajstić information content (AvgIpc) is 2.76. The predicted octanol–water partition coefficient (Wildman–Crippen LogP) is 6.34. The molecule has 0 spiro atoms. The molecule has 0 fully saturated rings. The van der Waals surface area contributed by atoms with E-state index in [9.17, 15) is 27.6 Å². The Morgan fingerprint density at radius 3 is 2.37 bits per heavy atom. The lowest BCUT2D eigenvalue weighted by Crippen LogP contribution is -2.19. The summed E-state index contributed by atoms with van der Waals surface area (Å²) in [5, 5.41) is 12.2. The molecule has 3 N–H and O–H groups in total. The molecule has 2 amide bonds. The molecule has 0 aliphatic carbocycles. The summed E-state index contributed by atoms with van der Waals surface area (Å²) in [5.74, 6) is -1.51. The zero-order valence-corrected chi connectivity index (χ0v) is 19.2. The van der Waals surface area contributed by atoms with Gasteiger partial charge in [0.1, 0.15) is 0 Å². The minimum absolute atomic E-state index is 0.225. The van der Waals surface area contributed by atoms with Gasteiger partial charge >= 0.3 is 12.3 Å². The van der Waals surface area contributed by atoms with E-state index in [1.165, 1.54) is 6.07 Å². The largest absolute Gasteiger partial charge is 0.465 e. The molecule has 0 aliphatic heterocycles. The van der Waals surface area contributed by atoms with E-state index in [-0.39, 0.29) is 11.3 Å². The van der Waals surface area contributed by atoms with Gasteiger partial charge in [-0.1, -0.05) is 29.8 Å². The maximum absolute atomic E-state index is 13.2. The number of amides is 2. The Hall–Kier alpha value is -3.92. The summed E-state index contributed by atoms with van der Waals surface area (Å²) in [4.78, 5) is 40.5. The summed E-state index contributed by atoms with van der Waals surface area (Å²) in [6.45, 7) is 3.75. The minimum Gasteiger partial charge on any atom is -0.465 e. The molecule has 0 atom stereocenters. The number of hydrogen-bond donors (Lipinski definition) is 3. The van der Waals surface area contributed by atoms with Gasteiger partial charge in [0.05, 0.1) is 28.4 Å². The summed E-state index contributed by atoms with van der Waals surface area (Å²) in [6, 6.07) is 9.62. The van der Waals surface area contributed by atoms with Gasteiger partial charge in [-0.25, -0.2) is 4.79 Å². The van der Waals surface area contributed by atoms with Gasteiger partial charge in [-0.2, -0.15) is 13.2 Å². The standard InChI is InChI=1S/C24H19ClF3N3O4/c1-12-13(2)29-7-6-16(12)14-4-3-5-15(8-14)21(32)11-22(33)30-19-9-17(24(26,27)28)18(25)10-20(19)31-23(34)35/h3-10,31H,11H2,1-2H3,(H,30,33)(H,34,35). The van der Waals surface area contributed by atoms with Crippen LogP contribution in [-0.4, -0.2) is 27.9 Å². The quantitative estimate of drug-likeness (QED) is 0.267. The molecule has 1 heterocycles. The highest BCUT2D eigenvalue weighted by molar-refractivity contribution is 6.32. The molecule has 0 bridgehead atoms. The van der Waals surface area contributed by atoms with Crippen LogP contribution in [0.4, 0.5) is 29.3 Å². The molecule has 0 saturated heterocycles. The van der Waals surface area contributed by atoms with Gasteiger partial charge in [-0.15, -0.1) is 0 Å². The van der Waals surface area contributed by atoms with Crippen LogP contribution in [0.1, 0.15) is 33.6 Å². The van der Waals surface area contributed by atoms with Gasteiger partial charge in [0.25, 0.3) is 0 Å². The van der Waals surface area contributed by atoms with Crippen molar-refractivity contribution in [1.82, 2.24) is 4.98 Å². The number of Topliss-reactive ketones (excluding diaryl/α,β-unsaturated/α-hetero) is 1. The first-order chi connectivity index (χ1) is 16.4. The predicted molar refractivity (Wildman–Crippen MR) is 125 cm³/mol. The number of carbonyl (C=O) groups excluding carboxylic acids is 2. The number of carboxylic acid groups (broad SMARTS) is 1. The van der Waals surface area contributed by atoms with Crippen molar-refractivity contribution in [3.63, 3.8) is 0 Å². The first kappa shape index (κ1) is 25.7. The Kier molecular flexibility index (Phi) is 7.45. The molecule has 3 aromatic rings. The van der Waals surface area contributed by atoms with Gasteiger partial charge in [0, 0.05) is 17.5 Å². The summed E-state index contributed by atoms with van der Waals surface area (Å²) < 4.78 is 39.7. The van der Waals surface area contributed by atoms with Crippen molar-refractivity contribution < 1.29 is 32.7 Å². The van der Waals surface area contributed by atoms with Crippen LogP contribution < -0.4 is 10.6 Å². The van der Waals surface area contributed by atoms with Crippen molar-refractivity contribution >= 4 is 40.8 Å². The highest BCUT2D eigenvalue weighted by atomic mass is 35.5. The molecule has 7 nitrogen and oxygen atoms in total. The van der Waals surface area contributed by atoms with Crippen LogP contribution in [0.2, 0.25) is 5.02 Å². The first-order valence-corrected chi connectivity index (χ1v) is 10.5. The van der Waals surface area contributed by atoms with E-state index in [0.717, 1.165) is 28.5 Å². The minimum atomic E-state index is -4.85. The third-order valence-corrected chi connectivity index (χ3v) is 5.51. The molecule has 0 saturated carbocycles.